The normalized spacial score (nSPS) is 10.4. The molecule has 0 unspecified atom stereocenters. The van der Waals surface area contributed by atoms with Crippen LogP contribution >= 0.6 is 0 Å². The summed E-state index contributed by atoms with van der Waals surface area (Å²) in [7, 11) is 1.84. The summed E-state index contributed by atoms with van der Waals surface area (Å²) in [6, 6.07) is 11.9. The standard InChI is InChI=1S/C15H19N3O/c1-13-8-10-18(16-13)11-9-15(19)17(2)12-14-6-4-3-5-7-14/h3-8,10H,9,11-12H2,1-2H3. The summed E-state index contributed by atoms with van der Waals surface area (Å²) in [4.78, 5) is 13.8. The molecule has 0 radical (unpaired) electrons. The fourth-order valence-electron chi connectivity index (χ4n) is 1.93. The highest BCUT2D eigenvalue weighted by atomic mass is 16.2. The lowest BCUT2D eigenvalue weighted by Crippen LogP contribution is -2.27. The molecule has 1 amide bonds. The van der Waals surface area contributed by atoms with E-state index in [1.807, 2.05) is 61.2 Å². The van der Waals surface area contributed by atoms with E-state index in [-0.39, 0.29) is 5.91 Å². The zero-order valence-corrected chi connectivity index (χ0v) is 11.4. The van der Waals surface area contributed by atoms with Crippen molar-refractivity contribution in [3.63, 3.8) is 0 Å². The molecule has 0 bridgehead atoms. The van der Waals surface area contributed by atoms with Gasteiger partial charge in [-0.2, -0.15) is 5.10 Å². The average molecular weight is 257 g/mol. The third-order valence-corrected chi connectivity index (χ3v) is 3.02. The van der Waals surface area contributed by atoms with Crippen LogP contribution in [0.3, 0.4) is 0 Å². The molecule has 1 heterocycles. The topological polar surface area (TPSA) is 38.1 Å². The first-order chi connectivity index (χ1) is 9.15. The van der Waals surface area contributed by atoms with E-state index >= 15 is 0 Å². The van der Waals surface area contributed by atoms with E-state index in [1.54, 1.807) is 4.90 Å². The van der Waals surface area contributed by atoms with Gasteiger partial charge in [-0.15, -0.1) is 0 Å². The molecule has 0 saturated heterocycles. The molecule has 0 saturated carbocycles. The van der Waals surface area contributed by atoms with Crippen molar-refractivity contribution < 1.29 is 4.79 Å². The van der Waals surface area contributed by atoms with Gasteiger partial charge in [0.05, 0.1) is 5.69 Å². The van der Waals surface area contributed by atoms with Crippen molar-refractivity contribution in [1.29, 1.82) is 0 Å². The predicted molar refractivity (Wildman–Crippen MR) is 74.5 cm³/mol. The third-order valence-electron chi connectivity index (χ3n) is 3.02. The maximum atomic E-state index is 12.0. The van der Waals surface area contributed by atoms with Crippen LogP contribution in [0.2, 0.25) is 0 Å². The lowest BCUT2D eigenvalue weighted by molar-refractivity contribution is -0.130. The lowest BCUT2D eigenvalue weighted by Gasteiger charge is -2.17. The van der Waals surface area contributed by atoms with Crippen LogP contribution in [-0.4, -0.2) is 27.6 Å². The minimum Gasteiger partial charge on any atom is -0.341 e. The molecular formula is C15H19N3O. The molecule has 2 aromatic rings. The summed E-state index contributed by atoms with van der Waals surface area (Å²) >= 11 is 0. The first-order valence-electron chi connectivity index (χ1n) is 6.43. The molecule has 0 N–H and O–H groups in total. The van der Waals surface area contributed by atoms with Gasteiger partial charge >= 0.3 is 0 Å². The van der Waals surface area contributed by atoms with Crippen LogP contribution in [0.5, 0.6) is 0 Å². The Morgan fingerprint density at radius 1 is 1.26 bits per heavy atom. The molecule has 0 aliphatic heterocycles. The van der Waals surface area contributed by atoms with Crippen molar-refractivity contribution in [2.45, 2.75) is 26.4 Å². The summed E-state index contributed by atoms with van der Waals surface area (Å²) < 4.78 is 1.81. The maximum Gasteiger partial charge on any atom is 0.224 e. The zero-order valence-electron chi connectivity index (χ0n) is 11.4. The molecule has 0 aliphatic carbocycles. The molecule has 19 heavy (non-hydrogen) atoms. The van der Waals surface area contributed by atoms with Crippen LogP contribution in [0, 0.1) is 6.92 Å². The number of aromatic nitrogens is 2. The number of benzene rings is 1. The highest BCUT2D eigenvalue weighted by molar-refractivity contribution is 5.75. The van der Waals surface area contributed by atoms with Gasteiger partial charge in [0.15, 0.2) is 0 Å². The Kier molecular flexibility index (Phi) is 4.34. The van der Waals surface area contributed by atoms with Crippen molar-refractivity contribution in [2.75, 3.05) is 7.05 Å². The quantitative estimate of drug-likeness (QED) is 0.824. The van der Waals surface area contributed by atoms with Gasteiger partial charge in [-0.3, -0.25) is 9.48 Å². The zero-order chi connectivity index (χ0) is 13.7. The van der Waals surface area contributed by atoms with E-state index in [9.17, 15) is 4.79 Å². The van der Waals surface area contributed by atoms with Gasteiger partial charge in [-0.1, -0.05) is 30.3 Å². The van der Waals surface area contributed by atoms with Crippen LogP contribution in [0.4, 0.5) is 0 Å². The summed E-state index contributed by atoms with van der Waals surface area (Å²) in [5.74, 6) is 0.136. The number of carbonyl (C=O) groups excluding carboxylic acids is 1. The van der Waals surface area contributed by atoms with Gasteiger partial charge in [-0.05, 0) is 18.6 Å². The van der Waals surface area contributed by atoms with Crippen LogP contribution in [0.25, 0.3) is 0 Å². The van der Waals surface area contributed by atoms with Crippen molar-refractivity contribution in [1.82, 2.24) is 14.7 Å². The molecule has 2 rings (SSSR count). The Labute approximate surface area is 113 Å². The minimum absolute atomic E-state index is 0.136. The number of amides is 1. The molecule has 100 valence electrons. The molecule has 1 aromatic heterocycles. The number of rotatable bonds is 5. The van der Waals surface area contributed by atoms with E-state index in [2.05, 4.69) is 5.10 Å². The Morgan fingerprint density at radius 3 is 2.63 bits per heavy atom. The highest BCUT2D eigenvalue weighted by Crippen LogP contribution is 2.04. The van der Waals surface area contributed by atoms with Gasteiger partial charge in [-0.25, -0.2) is 0 Å². The fraction of sp³-hybridized carbons (Fsp3) is 0.333. The second kappa shape index (κ2) is 6.18. The third kappa shape index (κ3) is 3.95. The molecular weight excluding hydrogens is 238 g/mol. The summed E-state index contributed by atoms with van der Waals surface area (Å²) in [5.41, 5.74) is 2.12. The predicted octanol–water partition coefficient (Wildman–Crippen LogP) is 2.24. The summed E-state index contributed by atoms with van der Waals surface area (Å²) in [5, 5.41) is 4.27. The van der Waals surface area contributed by atoms with Crippen molar-refractivity contribution >= 4 is 5.91 Å². The van der Waals surface area contributed by atoms with Crippen LogP contribution in [0.15, 0.2) is 42.6 Å². The van der Waals surface area contributed by atoms with E-state index in [4.69, 9.17) is 0 Å². The first-order valence-corrected chi connectivity index (χ1v) is 6.43. The van der Waals surface area contributed by atoms with Crippen LogP contribution < -0.4 is 0 Å². The lowest BCUT2D eigenvalue weighted by atomic mass is 10.2. The number of nitrogens with zero attached hydrogens (tertiary/aromatic N) is 3. The van der Waals surface area contributed by atoms with Gasteiger partial charge in [0.1, 0.15) is 0 Å². The molecule has 1 aromatic carbocycles. The minimum atomic E-state index is 0.136. The molecule has 4 nitrogen and oxygen atoms in total. The number of hydrogen-bond donors (Lipinski definition) is 0. The SMILES string of the molecule is Cc1ccn(CCC(=O)N(C)Cc2ccccc2)n1. The molecule has 0 fully saturated rings. The Bertz CT molecular complexity index is 533. The van der Waals surface area contributed by atoms with Crippen molar-refractivity contribution in [3.05, 3.63) is 53.9 Å². The van der Waals surface area contributed by atoms with E-state index < -0.39 is 0 Å². The van der Waals surface area contributed by atoms with Crippen molar-refractivity contribution in [3.8, 4) is 0 Å². The van der Waals surface area contributed by atoms with Crippen LogP contribution in [-0.2, 0) is 17.9 Å². The number of carbonyl (C=O) groups is 1. The second-order valence-corrected chi connectivity index (χ2v) is 4.71. The summed E-state index contributed by atoms with van der Waals surface area (Å²) in [6.07, 6.45) is 2.38. The van der Waals surface area contributed by atoms with Gasteiger partial charge < -0.3 is 4.90 Å². The van der Waals surface area contributed by atoms with Crippen molar-refractivity contribution in [2.24, 2.45) is 0 Å². The van der Waals surface area contributed by atoms with Gasteiger partial charge in [0.25, 0.3) is 0 Å². The monoisotopic (exact) mass is 257 g/mol. The van der Waals surface area contributed by atoms with E-state index in [0.29, 0.717) is 19.5 Å². The Morgan fingerprint density at radius 2 is 2.00 bits per heavy atom. The molecule has 4 heteroatoms. The van der Waals surface area contributed by atoms with Gasteiger partial charge in [0.2, 0.25) is 5.91 Å². The van der Waals surface area contributed by atoms with E-state index in [1.165, 1.54) is 0 Å². The molecule has 0 aliphatic rings. The number of aryl methyl sites for hydroxylation is 2. The van der Waals surface area contributed by atoms with Crippen LogP contribution in [0.1, 0.15) is 17.7 Å². The smallest absolute Gasteiger partial charge is 0.224 e. The largest absolute Gasteiger partial charge is 0.341 e. The maximum absolute atomic E-state index is 12.0. The first kappa shape index (κ1) is 13.3. The summed E-state index contributed by atoms with van der Waals surface area (Å²) in [6.45, 7) is 3.23. The molecule has 0 atom stereocenters. The second-order valence-electron chi connectivity index (χ2n) is 4.71. The Balaban J connectivity index is 1.82. The molecule has 0 spiro atoms. The highest BCUT2D eigenvalue weighted by Gasteiger charge is 2.09. The number of hydrogen-bond acceptors (Lipinski definition) is 2. The fourth-order valence-corrected chi connectivity index (χ4v) is 1.93. The van der Waals surface area contributed by atoms with Gasteiger partial charge in [0, 0.05) is 32.8 Å². The van der Waals surface area contributed by atoms with E-state index in [0.717, 1.165) is 11.3 Å². The average Bonchev–Trinajstić information content (AvgIpc) is 2.83. The Hall–Kier alpha value is -2.10.